The van der Waals surface area contributed by atoms with E-state index in [1.54, 1.807) is 25.7 Å². The van der Waals surface area contributed by atoms with Gasteiger partial charge in [0.15, 0.2) is 0 Å². The summed E-state index contributed by atoms with van der Waals surface area (Å²) >= 11 is 0. The zero-order valence-corrected chi connectivity index (χ0v) is 16.9. The number of amides is 1. The number of primary amides is 1. The Labute approximate surface area is 178 Å². The van der Waals surface area contributed by atoms with Crippen molar-refractivity contribution in [2.24, 2.45) is 5.73 Å². The van der Waals surface area contributed by atoms with Gasteiger partial charge in [-0.15, -0.1) is 0 Å². The van der Waals surface area contributed by atoms with Crippen LogP contribution in [0.3, 0.4) is 0 Å². The van der Waals surface area contributed by atoms with Gasteiger partial charge in [0.05, 0.1) is 29.7 Å². The number of carbonyl (C=O) groups is 1. The van der Waals surface area contributed by atoms with E-state index in [-0.39, 0.29) is 17.8 Å². The lowest BCUT2D eigenvalue weighted by Crippen LogP contribution is -2.32. The van der Waals surface area contributed by atoms with Crippen LogP contribution in [0.5, 0.6) is 0 Å². The molecule has 5 rings (SSSR count). The third kappa shape index (κ3) is 3.49. The number of nitrogens with two attached hydrogens (primary N) is 1. The van der Waals surface area contributed by atoms with Gasteiger partial charge in [0.1, 0.15) is 11.4 Å². The molecule has 4 heterocycles. The van der Waals surface area contributed by atoms with Gasteiger partial charge in [-0.05, 0) is 37.1 Å². The smallest absolute Gasteiger partial charge is 0.267 e. The molecule has 9 heteroatoms. The molecule has 0 saturated heterocycles. The lowest BCUT2D eigenvalue weighted by Gasteiger charge is -2.34. The normalized spacial score (nSPS) is 18.0. The number of rotatable bonds is 6. The third-order valence-corrected chi connectivity index (χ3v) is 5.63. The quantitative estimate of drug-likeness (QED) is 0.499. The maximum Gasteiger partial charge on any atom is 0.267 e. The van der Waals surface area contributed by atoms with E-state index < -0.39 is 5.91 Å². The van der Waals surface area contributed by atoms with Crippen molar-refractivity contribution in [3.05, 3.63) is 60.8 Å². The van der Waals surface area contributed by atoms with Crippen LogP contribution < -0.4 is 5.73 Å². The summed E-state index contributed by atoms with van der Waals surface area (Å²) in [6, 6.07) is 9.58. The monoisotopic (exact) mass is 415 g/mol. The summed E-state index contributed by atoms with van der Waals surface area (Å²) in [5.41, 5.74) is 10.1. The van der Waals surface area contributed by atoms with Gasteiger partial charge in [-0.1, -0.05) is 6.07 Å². The van der Waals surface area contributed by atoms with E-state index in [2.05, 4.69) is 20.2 Å². The molecule has 0 bridgehead atoms. The van der Waals surface area contributed by atoms with Crippen LogP contribution in [0.15, 0.2) is 55.1 Å². The molecule has 0 aromatic carbocycles. The third-order valence-electron chi connectivity index (χ3n) is 5.63. The molecule has 1 saturated carbocycles. The van der Waals surface area contributed by atoms with Crippen molar-refractivity contribution in [3.8, 4) is 33.8 Å². The Morgan fingerprint density at radius 3 is 2.74 bits per heavy atom. The molecule has 4 aromatic rings. The topological polar surface area (TPSA) is 125 Å². The molecule has 156 valence electrons. The first kappa shape index (κ1) is 19.1. The molecule has 1 aliphatic carbocycles. The highest BCUT2D eigenvalue weighted by molar-refractivity contribution is 6.00. The van der Waals surface area contributed by atoms with Crippen molar-refractivity contribution in [2.45, 2.75) is 25.0 Å². The predicted molar refractivity (Wildman–Crippen MR) is 114 cm³/mol. The number of methoxy groups -OCH3 is 1. The van der Waals surface area contributed by atoms with E-state index in [1.807, 2.05) is 41.2 Å². The minimum Gasteiger partial charge on any atom is -0.381 e. The van der Waals surface area contributed by atoms with Crippen molar-refractivity contribution in [3.63, 3.8) is 0 Å². The van der Waals surface area contributed by atoms with Crippen molar-refractivity contribution >= 4 is 5.91 Å². The molecule has 0 unspecified atom stereocenters. The minimum atomic E-state index is -0.608. The molecule has 0 radical (unpaired) electrons. The van der Waals surface area contributed by atoms with Crippen LogP contribution in [-0.2, 0) is 4.74 Å². The fourth-order valence-electron chi connectivity index (χ4n) is 3.83. The van der Waals surface area contributed by atoms with Crippen LogP contribution in [-0.4, -0.2) is 49.1 Å². The van der Waals surface area contributed by atoms with E-state index in [1.165, 1.54) is 0 Å². The number of H-pyrrole nitrogens is 1. The average Bonchev–Trinajstić information content (AvgIpc) is 3.44. The van der Waals surface area contributed by atoms with Crippen LogP contribution >= 0.6 is 0 Å². The van der Waals surface area contributed by atoms with E-state index in [4.69, 9.17) is 15.6 Å². The Morgan fingerprint density at radius 1 is 1.19 bits per heavy atom. The van der Waals surface area contributed by atoms with Crippen molar-refractivity contribution in [1.29, 1.82) is 0 Å². The summed E-state index contributed by atoms with van der Waals surface area (Å²) < 4.78 is 7.35. The lowest BCUT2D eigenvalue weighted by molar-refractivity contribution is 0.00256. The molecular weight excluding hydrogens is 394 g/mol. The summed E-state index contributed by atoms with van der Waals surface area (Å²) in [6.07, 6.45) is 9.05. The van der Waals surface area contributed by atoms with E-state index in [0.717, 1.165) is 24.0 Å². The van der Waals surface area contributed by atoms with Crippen LogP contribution in [0.4, 0.5) is 0 Å². The second kappa shape index (κ2) is 7.77. The molecule has 0 aliphatic heterocycles. The molecule has 4 aromatic heterocycles. The van der Waals surface area contributed by atoms with E-state index in [0.29, 0.717) is 22.6 Å². The van der Waals surface area contributed by atoms with Crippen LogP contribution in [0, 0.1) is 0 Å². The fourth-order valence-corrected chi connectivity index (χ4v) is 3.83. The number of aromatic amines is 1. The Hall–Kier alpha value is -3.85. The number of pyridine rings is 2. The highest BCUT2D eigenvalue weighted by atomic mass is 16.5. The molecule has 1 amide bonds. The molecular formula is C22H21N7O2. The Morgan fingerprint density at radius 2 is 2.06 bits per heavy atom. The number of nitrogens with one attached hydrogen (secondary N) is 1. The van der Waals surface area contributed by atoms with Crippen molar-refractivity contribution in [2.75, 3.05) is 7.11 Å². The summed E-state index contributed by atoms with van der Waals surface area (Å²) in [5.74, 6) is -0.608. The Balaban J connectivity index is 1.63. The van der Waals surface area contributed by atoms with Crippen LogP contribution in [0.25, 0.3) is 33.8 Å². The first-order chi connectivity index (χ1) is 15.1. The van der Waals surface area contributed by atoms with Gasteiger partial charge in [0.2, 0.25) is 0 Å². The van der Waals surface area contributed by atoms with Gasteiger partial charge in [-0.25, -0.2) is 4.98 Å². The Bertz CT molecular complexity index is 1210. The largest absolute Gasteiger partial charge is 0.381 e. The van der Waals surface area contributed by atoms with Gasteiger partial charge in [0.25, 0.3) is 5.91 Å². The summed E-state index contributed by atoms with van der Waals surface area (Å²) in [4.78, 5) is 21.3. The fraction of sp³-hybridized carbons (Fsp3) is 0.227. The molecule has 0 spiro atoms. The van der Waals surface area contributed by atoms with Crippen molar-refractivity contribution in [1.82, 2.24) is 29.9 Å². The van der Waals surface area contributed by atoms with Gasteiger partial charge in [0, 0.05) is 42.4 Å². The molecule has 3 N–H and O–H groups in total. The highest BCUT2D eigenvalue weighted by Gasteiger charge is 2.32. The Kier molecular flexibility index (Phi) is 4.79. The lowest BCUT2D eigenvalue weighted by atomic mass is 9.89. The van der Waals surface area contributed by atoms with Gasteiger partial charge < -0.3 is 10.5 Å². The number of aromatic nitrogens is 6. The number of hydrogen-bond acceptors (Lipinski definition) is 6. The van der Waals surface area contributed by atoms with Gasteiger partial charge >= 0.3 is 0 Å². The number of nitrogens with zero attached hydrogens (tertiary/aromatic N) is 5. The maximum absolute atomic E-state index is 12.3. The summed E-state index contributed by atoms with van der Waals surface area (Å²) in [5, 5.41) is 11.5. The number of carbonyl (C=O) groups excluding carboxylic acids is 1. The standard InChI is InChI=1S/C22H21N7O2/c1-31-15-8-14(9-15)29-12-17(20(28-29)19-4-2-3-7-24-19)16-5-6-18(13-10-25-26-11-13)27-21(16)22(23)30/h2-7,10-12,14-15H,8-9H2,1H3,(H2,23,30)(H,25,26). The minimum absolute atomic E-state index is 0.179. The number of hydrogen-bond donors (Lipinski definition) is 2. The zero-order chi connectivity index (χ0) is 21.4. The van der Waals surface area contributed by atoms with E-state index in [9.17, 15) is 4.79 Å². The zero-order valence-electron chi connectivity index (χ0n) is 16.9. The predicted octanol–water partition coefficient (Wildman–Crippen LogP) is 2.85. The summed E-state index contributed by atoms with van der Waals surface area (Å²) in [7, 11) is 1.72. The molecule has 0 atom stereocenters. The second-order valence-electron chi connectivity index (χ2n) is 7.51. The average molecular weight is 415 g/mol. The molecule has 31 heavy (non-hydrogen) atoms. The van der Waals surface area contributed by atoms with Crippen LogP contribution in [0.1, 0.15) is 29.4 Å². The molecule has 1 aliphatic rings. The summed E-state index contributed by atoms with van der Waals surface area (Å²) in [6.45, 7) is 0. The van der Waals surface area contributed by atoms with Crippen LogP contribution in [0.2, 0.25) is 0 Å². The number of ether oxygens (including phenoxy) is 1. The van der Waals surface area contributed by atoms with Crippen molar-refractivity contribution < 1.29 is 9.53 Å². The highest BCUT2D eigenvalue weighted by Crippen LogP contribution is 2.38. The van der Waals surface area contributed by atoms with E-state index >= 15 is 0 Å². The molecule has 1 fully saturated rings. The second-order valence-corrected chi connectivity index (χ2v) is 7.51. The maximum atomic E-state index is 12.3. The SMILES string of the molecule is COC1CC(n2cc(-c3ccc(-c4cn[nH]c4)nc3C(N)=O)c(-c3ccccn3)n2)C1. The molecule has 9 nitrogen and oxygen atoms in total. The first-order valence-electron chi connectivity index (χ1n) is 9.97. The van der Waals surface area contributed by atoms with Gasteiger partial charge in [-0.3, -0.25) is 19.6 Å². The first-order valence-corrected chi connectivity index (χ1v) is 9.97. The van der Waals surface area contributed by atoms with Gasteiger partial charge in [-0.2, -0.15) is 10.2 Å².